The average Bonchev–Trinajstić information content (AvgIpc) is 2.35. The third-order valence-electron chi connectivity index (χ3n) is 2.45. The first-order valence-corrected chi connectivity index (χ1v) is 5.27. The molecular weight excluding hydrogens is 261 g/mol. The molecule has 0 saturated heterocycles. The lowest BCUT2D eigenvalue weighted by Gasteiger charge is -2.11. The van der Waals surface area contributed by atoms with Crippen LogP contribution in [0.3, 0.4) is 0 Å². The Kier molecular flexibility index (Phi) is 7.31. The number of nitrogens with two attached hydrogens (primary N) is 1. The molecule has 0 aliphatic heterocycles. The van der Waals surface area contributed by atoms with Gasteiger partial charge in [0, 0.05) is 0 Å². The van der Waals surface area contributed by atoms with Crippen LogP contribution in [-0.2, 0) is 9.53 Å². The molecule has 6 heteroatoms. The van der Waals surface area contributed by atoms with Crippen molar-refractivity contribution in [2.45, 2.75) is 12.8 Å². The molecule has 1 atom stereocenters. The summed E-state index contributed by atoms with van der Waals surface area (Å²) in [6.07, 6.45) is 0. The zero-order chi connectivity index (χ0) is 12.8. The average molecular weight is 278 g/mol. The first kappa shape index (κ1) is 16.7. The van der Waals surface area contributed by atoms with E-state index in [9.17, 15) is 9.18 Å². The van der Waals surface area contributed by atoms with Crippen LogP contribution in [0.4, 0.5) is 4.39 Å². The van der Waals surface area contributed by atoms with Crippen molar-refractivity contribution in [2.24, 2.45) is 5.73 Å². The molecule has 1 aromatic rings. The number of carbonyl (C=O) groups is 1. The molecule has 0 aromatic heterocycles. The molecule has 0 radical (unpaired) electrons. The van der Waals surface area contributed by atoms with Crippen molar-refractivity contribution in [3.8, 4) is 5.75 Å². The van der Waals surface area contributed by atoms with Gasteiger partial charge in [0.1, 0.15) is 0 Å². The van der Waals surface area contributed by atoms with E-state index < -0.39 is 11.8 Å². The molecule has 102 valence electrons. The number of hydrogen-bond acceptors (Lipinski definition) is 4. The lowest BCUT2D eigenvalue weighted by Crippen LogP contribution is -2.13. The second kappa shape index (κ2) is 7.89. The number of benzene rings is 1. The molecule has 1 unspecified atom stereocenters. The van der Waals surface area contributed by atoms with Gasteiger partial charge < -0.3 is 15.2 Å². The molecule has 0 aliphatic carbocycles. The Morgan fingerprint density at radius 2 is 2.17 bits per heavy atom. The SMILES string of the molecule is COC(=O)COc1ccc(C(C)CN)cc1F.Cl. The third-order valence-corrected chi connectivity index (χ3v) is 2.45. The van der Waals surface area contributed by atoms with Crippen LogP contribution in [0.2, 0.25) is 0 Å². The fourth-order valence-corrected chi connectivity index (χ4v) is 1.27. The Bertz CT molecular complexity index is 401. The standard InChI is InChI=1S/C12H16FNO3.ClH/c1-8(6-14)9-3-4-11(10(13)5-9)17-7-12(15)16-2;/h3-5,8H,6-7,14H2,1-2H3;1H. The van der Waals surface area contributed by atoms with Crippen LogP contribution in [0.15, 0.2) is 18.2 Å². The molecule has 0 aliphatic rings. The zero-order valence-electron chi connectivity index (χ0n) is 10.3. The van der Waals surface area contributed by atoms with Crippen molar-refractivity contribution < 1.29 is 18.7 Å². The predicted octanol–water partition coefficient (Wildman–Crippen LogP) is 1.86. The zero-order valence-corrected chi connectivity index (χ0v) is 11.1. The maximum atomic E-state index is 13.6. The van der Waals surface area contributed by atoms with E-state index in [0.29, 0.717) is 6.54 Å². The summed E-state index contributed by atoms with van der Waals surface area (Å²) in [6.45, 7) is 2.05. The number of esters is 1. The molecule has 2 N–H and O–H groups in total. The van der Waals surface area contributed by atoms with Crippen molar-refractivity contribution in [2.75, 3.05) is 20.3 Å². The van der Waals surface area contributed by atoms with Crippen molar-refractivity contribution in [1.29, 1.82) is 0 Å². The first-order chi connectivity index (χ1) is 8.08. The van der Waals surface area contributed by atoms with Gasteiger partial charge in [-0.15, -0.1) is 12.4 Å². The van der Waals surface area contributed by atoms with Crippen LogP contribution in [0.1, 0.15) is 18.4 Å². The second-order valence-electron chi connectivity index (χ2n) is 3.69. The summed E-state index contributed by atoms with van der Waals surface area (Å²) in [5.74, 6) is -0.946. The van der Waals surface area contributed by atoms with Crippen LogP contribution < -0.4 is 10.5 Å². The van der Waals surface area contributed by atoms with Crippen LogP contribution in [-0.4, -0.2) is 26.2 Å². The molecule has 4 nitrogen and oxygen atoms in total. The summed E-state index contributed by atoms with van der Waals surface area (Å²) in [5.41, 5.74) is 6.30. The summed E-state index contributed by atoms with van der Waals surface area (Å²) in [7, 11) is 1.24. The van der Waals surface area contributed by atoms with Gasteiger partial charge in [0.2, 0.25) is 0 Å². The van der Waals surface area contributed by atoms with Crippen LogP contribution >= 0.6 is 12.4 Å². The number of rotatable bonds is 5. The smallest absolute Gasteiger partial charge is 0.343 e. The monoisotopic (exact) mass is 277 g/mol. The molecule has 0 amide bonds. The summed E-state index contributed by atoms with van der Waals surface area (Å²) >= 11 is 0. The molecule has 0 saturated carbocycles. The minimum atomic E-state index is -0.552. The van der Waals surface area contributed by atoms with Gasteiger partial charge in [-0.2, -0.15) is 0 Å². The van der Waals surface area contributed by atoms with Gasteiger partial charge in [0.25, 0.3) is 0 Å². The van der Waals surface area contributed by atoms with Crippen molar-refractivity contribution in [3.63, 3.8) is 0 Å². The van der Waals surface area contributed by atoms with Gasteiger partial charge in [-0.25, -0.2) is 9.18 Å². The van der Waals surface area contributed by atoms with Crippen molar-refractivity contribution in [3.05, 3.63) is 29.6 Å². The lowest BCUT2D eigenvalue weighted by atomic mass is 10.0. The summed E-state index contributed by atoms with van der Waals surface area (Å²) < 4.78 is 22.9. The normalized spacial score (nSPS) is 11.3. The molecule has 1 rings (SSSR count). The maximum Gasteiger partial charge on any atom is 0.343 e. The third kappa shape index (κ3) is 4.50. The lowest BCUT2D eigenvalue weighted by molar-refractivity contribution is -0.142. The van der Waals surface area contributed by atoms with Gasteiger partial charge in [-0.3, -0.25) is 0 Å². The number of hydrogen-bond donors (Lipinski definition) is 1. The first-order valence-electron chi connectivity index (χ1n) is 5.27. The Morgan fingerprint density at radius 1 is 1.50 bits per heavy atom. The summed E-state index contributed by atoms with van der Waals surface area (Å²) in [5, 5.41) is 0. The summed E-state index contributed by atoms with van der Waals surface area (Å²) in [4.78, 5) is 10.8. The highest BCUT2D eigenvalue weighted by molar-refractivity contribution is 5.85. The Labute approximate surface area is 112 Å². The Morgan fingerprint density at radius 3 is 2.67 bits per heavy atom. The van der Waals surface area contributed by atoms with Crippen LogP contribution in [0.25, 0.3) is 0 Å². The predicted molar refractivity (Wildman–Crippen MR) is 68.6 cm³/mol. The highest BCUT2D eigenvalue weighted by Crippen LogP contribution is 2.22. The number of methoxy groups -OCH3 is 1. The highest BCUT2D eigenvalue weighted by Gasteiger charge is 2.10. The van der Waals surface area contributed by atoms with E-state index >= 15 is 0 Å². The van der Waals surface area contributed by atoms with Crippen LogP contribution in [0.5, 0.6) is 5.75 Å². The van der Waals surface area contributed by atoms with Crippen LogP contribution in [0, 0.1) is 5.82 Å². The van der Waals surface area contributed by atoms with Gasteiger partial charge >= 0.3 is 5.97 Å². The Balaban J connectivity index is 0.00000289. The second-order valence-corrected chi connectivity index (χ2v) is 3.69. The molecular formula is C12H17ClFNO3. The fraction of sp³-hybridized carbons (Fsp3) is 0.417. The van der Waals surface area contributed by atoms with E-state index in [1.165, 1.54) is 19.2 Å². The summed E-state index contributed by atoms with van der Waals surface area (Å²) in [6, 6.07) is 4.58. The van der Waals surface area contributed by atoms with Gasteiger partial charge in [-0.1, -0.05) is 13.0 Å². The molecule has 1 aromatic carbocycles. The van der Waals surface area contributed by atoms with E-state index in [2.05, 4.69) is 4.74 Å². The van der Waals surface area contributed by atoms with Gasteiger partial charge in [0.05, 0.1) is 7.11 Å². The largest absolute Gasteiger partial charge is 0.479 e. The topological polar surface area (TPSA) is 61.5 Å². The van der Waals surface area contributed by atoms with Gasteiger partial charge in [0.15, 0.2) is 18.2 Å². The van der Waals surface area contributed by atoms with Crippen molar-refractivity contribution in [1.82, 2.24) is 0 Å². The number of halogens is 2. The molecule has 0 fully saturated rings. The molecule has 0 bridgehead atoms. The van der Waals surface area contributed by atoms with Gasteiger partial charge in [-0.05, 0) is 30.2 Å². The molecule has 0 spiro atoms. The van der Waals surface area contributed by atoms with E-state index in [4.69, 9.17) is 10.5 Å². The Hall–Kier alpha value is -1.33. The molecule has 0 heterocycles. The van der Waals surface area contributed by atoms with E-state index in [1.54, 1.807) is 6.07 Å². The fourth-order valence-electron chi connectivity index (χ4n) is 1.27. The number of ether oxygens (including phenoxy) is 2. The van der Waals surface area contributed by atoms with Crippen molar-refractivity contribution >= 4 is 18.4 Å². The highest BCUT2D eigenvalue weighted by atomic mass is 35.5. The van der Waals surface area contributed by atoms with E-state index in [-0.39, 0.29) is 30.7 Å². The van der Waals surface area contributed by atoms with E-state index in [1.807, 2.05) is 6.92 Å². The molecule has 18 heavy (non-hydrogen) atoms. The minimum absolute atomic E-state index is 0. The quantitative estimate of drug-likeness (QED) is 0.835. The minimum Gasteiger partial charge on any atom is -0.479 e. The maximum absolute atomic E-state index is 13.6. The van der Waals surface area contributed by atoms with E-state index in [0.717, 1.165) is 5.56 Å². The number of carbonyl (C=O) groups excluding carboxylic acids is 1.